The van der Waals surface area contributed by atoms with Crippen molar-refractivity contribution in [2.45, 2.75) is 59.7 Å². The summed E-state index contributed by atoms with van der Waals surface area (Å²) < 4.78 is 30.3. The largest absolute Gasteiger partial charge is 0.331 e. The maximum atomic E-state index is 14.4. The van der Waals surface area contributed by atoms with Gasteiger partial charge in [0.1, 0.15) is 17.5 Å². The Labute approximate surface area is 200 Å². The van der Waals surface area contributed by atoms with Crippen LogP contribution < -0.4 is 0 Å². The molecule has 2 heterocycles. The first-order chi connectivity index (χ1) is 16.4. The molecule has 0 spiro atoms. The molecule has 1 aliphatic rings. The fourth-order valence-electron chi connectivity index (χ4n) is 4.78. The predicted molar refractivity (Wildman–Crippen MR) is 130 cm³/mol. The SMILES string of the molecule is CCCn1c(CN(CC(C)C)C(=O)c2cc(F)ccc2F)nc2cc(CN3CCCC3)ccc21. The molecule has 7 heteroatoms. The number of aryl methyl sites for hydroxylation is 1. The van der Waals surface area contributed by atoms with Crippen molar-refractivity contribution in [1.29, 1.82) is 0 Å². The van der Waals surface area contributed by atoms with Crippen molar-refractivity contribution in [1.82, 2.24) is 19.4 Å². The maximum Gasteiger partial charge on any atom is 0.257 e. The van der Waals surface area contributed by atoms with E-state index in [0.29, 0.717) is 6.54 Å². The summed E-state index contributed by atoms with van der Waals surface area (Å²) in [5, 5.41) is 0. The second-order valence-corrected chi connectivity index (χ2v) is 9.69. The summed E-state index contributed by atoms with van der Waals surface area (Å²) in [6, 6.07) is 9.43. The van der Waals surface area contributed by atoms with Gasteiger partial charge in [-0.25, -0.2) is 13.8 Å². The van der Waals surface area contributed by atoms with Crippen LogP contribution in [-0.4, -0.2) is 44.9 Å². The van der Waals surface area contributed by atoms with Crippen LogP contribution in [0.2, 0.25) is 0 Å². The molecule has 1 fully saturated rings. The van der Waals surface area contributed by atoms with E-state index in [9.17, 15) is 13.6 Å². The van der Waals surface area contributed by atoms with Gasteiger partial charge in [-0.3, -0.25) is 9.69 Å². The maximum absolute atomic E-state index is 14.4. The van der Waals surface area contributed by atoms with E-state index in [2.05, 4.69) is 34.6 Å². The number of hydrogen-bond acceptors (Lipinski definition) is 3. The second-order valence-electron chi connectivity index (χ2n) is 9.69. The minimum Gasteiger partial charge on any atom is -0.331 e. The standard InChI is InChI=1S/C27H34F2N4O/c1-4-11-33-25-10-7-20(17-31-12-5-6-13-31)14-24(25)30-26(33)18-32(16-19(2)3)27(34)22-15-21(28)8-9-23(22)29/h7-10,14-15,19H,4-6,11-13,16-18H2,1-3H3. The topological polar surface area (TPSA) is 41.4 Å². The van der Waals surface area contributed by atoms with Crippen molar-refractivity contribution in [2.75, 3.05) is 19.6 Å². The summed E-state index contributed by atoms with van der Waals surface area (Å²) >= 11 is 0. The average Bonchev–Trinajstić information content (AvgIpc) is 3.42. The number of carbonyl (C=O) groups excluding carboxylic acids is 1. The van der Waals surface area contributed by atoms with Gasteiger partial charge in [-0.1, -0.05) is 26.8 Å². The van der Waals surface area contributed by atoms with E-state index in [1.807, 2.05) is 13.8 Å². The predicted octanol–water partition coefficient (Wildman–Crippen LogP) is 5.62. The van der Waals surface area contributed by atoms with Crippen LogP contribution in [0.3, 0.4) is 0 Å². The van der Waals surface area contributed by atoms with Gasteiger partial charge in [0.25, 0.3) is 5.91 Å². The normalized spacial score (nSPS) is 14.4. The van der Waals surface area contributed by atoms with Crippen LogP contribution in [0.1, 0.15) is 61.8 Å². The van der Waals surface area contributed by atoms with E-state index in [4.69, 9.17) is 4.98 Å². The van der Waals surface area contributed by atoms with E-state index in [1.165, 1.54) is 18.4 Å². The number of aromatic nitrogens is 2. The smallest absolute Gasteiger partial charge is 0.257 e. The average molecular weight is 469 g/mol. The Bertz CT molecular complexity index is 1150. The number of benzene rings is 2. The molecule has 34 heavy (non-hydrogen) atoms. The molecule has 0 unspecified atom stereocenters. The Kier molecular flexibility index (Phi) is 7.61. The molecule has 0 saturated carbocycles. The molecule has 4 rings (SSSR count). The van der Waals surface area contributed by atoms with Crippen LogP contribution in [0.5, 0.6) is 0 Å². The molecule has 0 atom stereocenters. The number of imidazole rings is 1. The fraction of sp³-hybridized carbons (Fsp3) is 0.481. The Morgan fingerprint density at radius 2 is 1.88 bits per heavy atom. The third kappa shape index (κ3) is 5.46. The van der Waals surface area contributed by atoms with Crippen molar-refractivity contribution in [3.63, 3.8) is 0 Å². The quantitative estimate of drug-likeness (QED) is 0.409. The second kappa shape index (κ2) is 10.6. The van der Waals surface area contributed by atoms with Crippen LogP contribution in [0.4, 0.5) is 8.78 Å². The van der Waals surface area contributed by atoms with Gasteiger partial charge in [0.2, 0.25) is 0 Å². The summed E-state index contributed by atoms with van der Waals surface area (Å²) in [4.78, 5) is 22.2. The van der Waals surface area contributed by atoms with E-state index in [-0.39, 0.29) is 18.0 Å². The lowest BCUT2D eigenvalue weighted by Gasteiger charge is -2.25. The summed E-state index contributed by atoms with van der Waals surface area (Å²) in [5.74, 6) is -0.931. The minimum atomic E-state index is -0.714. The molecule has 2 aromatic carbocycles. The zero-order valence-corrected chi connectivity index (χ0v) is 20.4. The summed E-state index contributed by atoms with van der Waals surface area (Å²) in [7, 11) is 0. The summed E-state index contributed by atoms with van der Waals surface area (Å²) in [6.07, 6.45) is 3.43. The van der Waals surface area contributed by atoms with Crippen molar-refractivity contribution >= 4 is 16.9 Å². The van der Waals surface area contributed by atoms with E-state index in [1.54, 1.807) is 4.90 Å². The van der Waals surface area contributed by atoms with Gasteiger partial charge >= 0.3 is 0 Å². The molecule has 0 bridgehead atoms. The molecule has 1 aliphatic heterocycles. The van der Waals surface area contributed by atoms with Crippen molar-refractivity contribution in [3.05, 3.63) is 65.0 Å². The van der Waals surface area contributed by atoms with Crippen LogP contribution in [-0.2, 0) is 19.6 Å². The van der Waals surface area contributed by atoms with Gasteiger partial charge < -0.3 is 9.47 Å². The fourth-order valence-corrected chi connectivity index (χ4v) is 4.78. The lowest BCUT2D eigenvalue weighted by Crippen LogP contribution is -2.35. The first-order valence-corrected chi connectivity index (χ1v) is 12.3. The van der Waals surface area contributed by atoms with Gasteiger partial charge in [-0.2, -0.15) is 0 Å². The molecule has 5 nitrogen and oxygen atoms in total. The number of amides is 1. The molecule has 1 aromatic heterocycles. The molecule has 3 aromatic rings. The molecule has 1 saturated heterocycles. The highest BCUT2D eigenvalue weighted by atomic mass is 19.1. The number of fused-ring (bicyclic) bond motifs is 1. The first-order valence-electron chi connectivity index (χ1n) is 12.3. The Morgan fingerprint density at radius 1 is 1.12 bits per heavy atom. The number of carbonyl (C=O) groups is 1. The number of likely N-dealkylation sites (tertiary alicyclic amines) is 1. The third-order valence-corrected chi connectivity index (χ3v) is 6.31. The Hall–Kier alpha value is -2.80. The van der Waals surface area contributed by atoms with Gasteiger partial charge in [0, 0.05) is 19.6 Å². The lowest BCUT2D eigenvalue weighted by molar-refractivity contribution is 0.0711. The highest BCUT2D eigenvalue weighted by Gasteiger charge is 2.24. The molecule has 0 N–H and O–H groups in total. The first kappa shape index (κ1) is 24.3. The number of rotatable bonds is 9. The lowest BCUT2D eigenvalue weighted by atomic mass is 10.1. The molecule has 0 radical (unpaired) electrons. The van der Waals surface area contributed by atoms with Crippen LogP contribution in [0.25, 0.3) is 11.0 Å². The zero-order chi connectivity index (χ0) is 24.2. The van der Waals surface area contributed by atoms with Crippen molar-refractivity contribution in [3.8, 4) is 0 Å². The van der Waals surface area contributed by atoms with Gasteiger partial charge in [-0.15, -0.1) is 0 Å². The molecule has 182 valence electrons. The summed E-state index contributed by atoms with van der Waals surface area (Å²) in [5.41, 5.74) is 2.94. The van der Waals surface area contributed by atoms with Crippen LogP contribution >= 0.6 is 0 Å². The van der Waals surface area contributed by atoms with Crippen molar-refractivity contribution < 1.29 is 13.6 Å². The zero-order valence-electron chi connectivity index (χ0n) is 20.4. The minimum absolute atomic E-state index is 0.164. The van der Waals surface area contributed by atoms with Gasteiger partial charge in [0.05, 0.1) is 23.1 Å². The third-order valence-electron chi connectivity index (χ3n) is 6.31. The van der Waals surface area contributed by atoms with E-state index < -0.39 is 17.5 Å². The molecule has 1 amide bonds. The monoisotopic (exact) mass is 468 g/mol. The van der Waals surface area contributed by atoms with Crippen molar-refractivity contribution in [2.24, 2.45) is 5.92 Å². The number of halogens is 2. The van der Waals surface area contributed by atoms with Crippen LogP contribution in [0, 0.1) is 17.6 Å². The van der Waals surface area contributed by atoms with E-state index in [0.717, 1.165) is 67.7 Å². The molecule has 0 aliphatic carbocycles. The molecular weight excluding hydrogens is 434 g/mol. The molecular formula is C27H34F2N4O. The Balaban J connectivity index is 1.66. The van der Waals surface area contributed by atoms with E-state index >= 15 is 0 Å². The highest BCUT2D eigenvalue weighted by Crippen LogP contribution is 2.23. The van der Waals surface area contributed by atoms with Crippen LogP contribution in [0.15, 0.2) is 36.4 Å². The highest BCUT2D eigenvalue weighted by molar-refractivity contribution is 5.94. The number of nitrogens with zero attached hydrogens (tertiary/aromatic N) is 4. The van der Waals surface area contributed by atoms with Gasteiger partial charge in [0.15, 0.2) is 0 Å². The Morgan fingerprint density at radius 3 is 2.59 bits per heavy atom. The summed E-state index contributed by atoms with van der Waals surface area (Å²) in [6.45, 7) is 10.7. The van der Waals surface area contributed by atoms with Gasteiger partial charge in [-0.05, 0) is 74.2 Å². The number of hydrogen-bond donors (Lipinski definition) is 0.